The molecule has 0 aromatic heterocycles. The van der Waals surface area contributed by atoms with Crippen LogP contribution in [0.25, 0.3) is 16.8 Å². The van der Waals surface area contributed by atoms with Crippen molar-refractivity contribution in [1.82, 2.24) is 10.2 Å². The van der Waals surface area contributed by atoms with E-state index in [1.165, 1.54) is 11.0 Å². The molecule has 5 aromatic carbocycles. The standard InChI is InChI=1S/C48H43N3O5S/c1-5-8-24-40(7-3)51-47(54)41(46(53)50-48(51)57-32-43(52)49-44(36-19-11-9-12-20-36)37-21-13-10-14-22-37)29-34-28-39(17-6-2)45(42(30-34)55-4)56-31-33-25-26-35-18-15-16-23-38(35)27-33/h5-16,18-30,44H,1-2,17,31-32H2,3-4H3,(H,49,52)/b24-8-,40-7+,41-29+. The molecule has 1 aliphatic rings. The van der Waals surface area contributed by atoms with Gasteiger partial charge in [0.1, 0.15) is 12.2 Å². The van der Waals surface area contributed by atoms with E-state index in [0.717, 1.165) is 44.8 Å². The quantitative estimate of drug-likeness (QED) is 0.0493. The van der Waals surface area contributed by atoms with E-state index >= 15 is 0 Å². The van der Waals surface area contributed by atoms with Crippen LogP contribution in [0.3, 0.4) is 0 Å². The molecule has 0 aliphatic carbocycles. The minimum absolute atomic E-state index is 0.0810. The summed E-state index contributed by atoms with van der Waals surface area (Å²) in [4.78, 5) is 47.3. The molecule has 5 aromatic rings. The number of amides is 3. The molecule has 0 unspecified atom stereocenters. The van der Waals surface area contributed by atoms with Gasteiger partial charge in [0.25, 0.3) is 11.8 Å². The zero-order valence-corrected chi connectivity index (χ0v) is 32.7. The Morgan fingerprint density at radius 3 is 2.23 bits per heavy atom. The van der Waals surface area contributed by atoms with Gasteiger partial charge in [-0.25, -0.2) is 0 Å². The third-order valence-electron chi connectivity index (χ3n) is 9.16. The molecule has 6 rings (SSSR count). The SMILES string of the molecule is C=C/C=C\C(=C/C)N1C(=O)/C(=C/c2cc(CC=C)c(OCc3ccc4ccccc4c3)c(OC)c2)C(=O)N=C1SCC(=O)NC(c1ccccc1)c1ccccc1. The van der Waals surface area contributed by atoms with Crippen LogP contribution in [0, 0.1) is 0 Å². The van der Waals surface area contributed by atoms with Crippen molar-refractivity contribution < 1.29 is 23.9 Å². The van der Waals surface area contributed by atoms with Gasteiger partial charge in [0.2, 0.25) is 5.91 Å². The van der Waals surface area contributed by atoms with Gasteiger partial charge in [-0.15, -0.1) is 6.58 Å². The number of nitrogens with one attached hydrogen (secondary N) is 1. The van der Waals surface area contributed by atoms with Crippen molar-refractivity contribution in [1.29, 1.82) is 0 Å². The maximum absolute atomic E-state index is 14.4. The lowest BCUT2D eigenvalue weighted by molar-refractivity contribution is -0.126. The van der Waals surface area contributed by atoms with Gasteiger partial charge in [-0.1, -0.05) is 140 Å². The molecular formula is C48H43N3O5S. The molecule has 0 atom stereocenters. The molecule has 9 heteroatoms. The second-order valence-electron chi connectivity index (χ2n) is 13.0. The molecule has 0 spiro atoms. The number of fused-ring (bicyclic) bond motifs is 1. The largest absolute Gasteiger partial charge is 0.493 e. The van der Waals surface area contributed by atoms with E-state index in [0.29, 0.717) is 35.8 Å². The highest BCUT2D eigenvalue weighted by molar-refractivity contribution is 8.14. The van der Waals surface area contributed by atoms with Crippen LogP contribution in [-0.4, -0.2) is 40.7 Å². The summed E-state index contributed by atoms with van der Waals surface area (Å²) in [5.74, 6) is -0.738. The average Bonchev–Trinajstić information content (AvgIpc) is 3.24. The lowest BCUT2D eigenvalue weighted by atomic mass is 9.99. The summed E-state index contributed by atoms with van der Waals surface area (Å²) in [5, 5.41) is 5.45. The summed E-state index contributed by atoms with van der Waals surface area (Å²) >= 11 is 1.01. The second-order valence-corrected chi connectivity index (χ2v) is 13.9. The molecular weight excluding hydrogens is 731 g/mol. The number of rotatable bonds is 15. The zero-order chi connectivity index (χ0) is 40.1. The minimum Gasteiger partial charge on any atom is -0.493 e. The summed E-state index contributed by atoms with van der Waals surface area (Å²) in [6.07, 6.45) is 10.4. The van der Waals surface area contributed by atoms with Gasteiger partial charge < -0.3 is 14.8 Å². The molecule has 0 saturated carbocycles. The normalized spacial score (nSPS) is 13.9. The van der Waals surface area contributed by atoms with E-state index in [-0.39, 0.29) is 22.4 Å². The highest BCUT2D eigenvalue weighted by atomic mass is 32.2. The van der Waals surface area contributed by atoms with Gasteiger partial charge in [0, 0.05) is 11.3 Å². The maximum atomic E-state index is 14.4. The van der Waals surface area contributed by atoms with E-state index in [1.807, 2.05) is 84.9 Å². The van der Waals surface area contributed by atoms with E-state index in [4.69, 9.17) is 9.47 Å². The van der Waals surface area contributed by atoms with Gasteiger partial charge in [-0.2, -0.15) is 4.99 Å². The molecule has 286 valence electrons. The third kappa shape index (κ3) is 9.76. The first-order valence-electron chi connectivity index (χ1n) is 18.4. The number of hydrogen-bond acceptors (Lipinski definition) is 6. The number of allylic oxidation sites excluding steroid dienone is 5. The van der Waals surface area contributed by atoms with Crippen molar-refractivity contribution in [3.63, 3.8) is 0 Å². The maximum Gasteiger partial charge on any atom is 0.285 e. The average molecular weight is 774 g/mol. The number of aliphatic imine (C=N–C) groups is 1. The van der Waals surface area contributed by atoms with Crippen LogP contribution in [0.4, 0.5) is 0 Å². The highest BCUT2D eigenvalue weighted by Crippen LogP contribution is 2.36. The van der Waals surface area contributed by atoms with Crippen molar-refractivity contribution in [2.75, 3.05) is 12.9 Å². The Balaban J connectivity index is 1.28. The van der Waals surface area contributed by atoms with Gasteiger partial charge in [-0.3, -0.25) is 19.3 Å². The molecule has 57 heavy (non-hydrogen) atoms. The summed E-state index contributed by atoms with van der Waals surface area (Å²) in [5.41, 5.74) is 4.44. The molecule has 0 fully saturated rings. The fourth-order valence-corrected chi connectivity index (χ4v) is 7.24. The number of ether oxygens (including phenoxy) is 2. The topological polar surface area (TPSA) is 97.3 Å². The van der Waals surface area contributed by atoms with E-state index in [9.17, 15) is 14.4 Å². The Hall–Kier alpha value is -6.71. The second kappa shape index (κ2) is 19.2. The van der Waals surface area contributed by atoms with Crippen LogP contribution in [0.15, 0.2) is 175 Å². The molecule has 1 N–H and O–H groups in total. The molecule has 1 aliphatic heterocycles. The predicted molar refractivity (Wildman–Crippen MR) is 231 cm³/mol. The van der Waals surface area contributed by atoms with Gasteiger partial charge in [0.05, 0.1) is 18.9 Å². The number of hydrogen-bond donors (Lipinski definition) is 1. The number of carbonyl (C=O) groups is 3. The Morgan fingerprint density at radius 1 is 0.895 bits per heavy atom. The van der Waals surface area contributed by atoms with E-state index < -0.39 is 17.9 Å². The first-order valence-corrected chi connectivity index (χ1v) is 19.4. The summed E-state index contributed by atoms with van der Waals surface area (Å²) in [7, 11) is 1.54. The van der Waals surface area contributed by atoms with Crippen molar-refractivity contribution in [2.24, 2.45) is 4.99 Å². The smallest absolute Gasteiger partial charge is 0.285 e. The number of methoxy groups -OCH3 is 1. The summed E-state index contributed by atoms with van der Waals surface area (Å²) < 4.78 is 12.1. The Labute approximate surface area is 337 Å². The number of amidine groups is 1. The van der Waals surface area contributed by atoms with Crippen molar-refractivity contribution in [2.45, 2.75) is 26.0 Å². The Bertz CT molecular complexity index is 2380. The molecule has 3 amide bonds. The van der Waals surface area contributed by atoms with Crippen LogP contribution in [-0.2, 0) is 27.4 Å². The molecule has 8 nitrogen and oxygen atoms in total. The first kappa shape index (κ1) is 40.0. The molecule has 0 saturated heterocycles. The van der Waals surface area contributed by atoms with Gasteiger partial charge in [-0.05, 0) is 76.7 Å². The Kier molecular flexibility index (Phi) is 13.5. The first-order chi connectivity index (χ1) is 27.8. The van der Waals surface area contributed by atoms with Crippen LogP contribution in [0.2, 0.25) is 0 Å². The molecule has 1 heterocycles. The van der Waals surface area contributed by atoms with Crippen LogP contribution >= 0.6 is 11.8 Å². The highest BCUT2D eigenvalue weighted by Gasteiger charge is 2.35. The summed E-state index contributed by atoms with van der Waals surface area (Å²) in [6.45, 7) is 9.76. The monoisotopic (exact) mass is 773 g/mol. The van der Waals surface area contributed by atoms with Gasteiger partial charge in [0.15, 0.2) is 16.7 Å². The lowest BCUT2D eigenvalue weighted by Crippen LogP contribution is -2.42. The van der Waals surface area contributed by atoms with Crippen LogP contribution in [0.5, 0.6) is 11.5 Å². The third-order valence-corrected chi connectivity index (χ3v) is 10.1. The predicted octanol–water partition coefficient (Wildman–Crippen LogP) is 9.55. The minimum atomic E-state index is -0.727. The van der Waals surface area contributed by atoms with Crippen LogP contribution in [0.1, 0.15) is 40.8 Å². The summed E-state index contributed by atoms with van der Waals surface area (Å²) in [6, 6.07) is 36.8. The Morgan fingerprint density at radius 2 is 1.58 bits per heavy atom. The van der Waals surface area contributed by atoms with Crippen molar-refractivity contribution >= 4 is 51.5 Å². The van der Waals surface area contributed by atoms with Crippen molar-refractivity contribution in [3.8, 4) is 11.5 Å². The fraction of sp³-hybridized carbons (Fsp3) is 0.125. The van der Waals surface area contributed by atoms with Crippen LogP contribution < -0.4 is 14.8 Å². The molecule has 0 radical (unpaired) electrons. The fourth-order valence-electron chi connectivity index (χ4n) is 6.43. The number of benzene rings is 5. The zero-order valence-electron chi connectivity index (χ0n) is 31.9. The number of nitrogens with zero attached hydrogens (tertiary/aromatic N) is 2. The van der Waals surface area contributed by atoms with Crippen molar-refractivity contribution in [3.05, 3.63) is 198 Å². The van der Waals surface area contributed by atoms with E-state index in [2.05, 4.69) is 47.7 Å². The van der Waals surface area contributed by atoms with E-state index in [1.54, 1.807) is 50.5 Å². The molecule has 0 bridgehead atoms. The number of carbonyl (C=O) groups excluding carboxylic acids is 3. The number of thioether (sulfide) groups is 1. The lowest BCUT2D eigenvalue weighted by Gasteiger charge is -2.28. The van der Waals surface area contributed by atoms with Gasteiger partial charge >= 0.3 is 0 Å².